The number of nitro benzene ring substituents is 1. The molecule has 0 aliphatic heterocycles. The third-order valence-corrected chi connectivity index (χ3v) is 4.45. The molecular formula is C13H13BrF3NO3. The second-order valence-corrected chi connectivity index (χ2v) is 5.92. The van der Waals surface area contributed by atoms with Gasteiger partial charge in [0.1, 0.15) is 0 Å². The van der Waals surface area contributed by atoms with E-state index in [9.17, 15) is 23.3 Å². The Morgan fingerprint density at radius 3 is 2.62 bits per heavy atom. The van der Waals surface area contributed by atoms with Crippen molar-refractivity contribution < 1.29 is 22.8 Å². The number of hydrogen-bond donors (Lipinski definition) is 0. The molecule has 0 saturated heterocycles. The monoisotopic (exact) mass is 367 g/mol. The highest BCUT2D eigenvalue weighted by Gasteiger charge is 2.32. The second kappa shape index (κ2) is 6.21. The predicted molar refractivity (Wildman–Crippen MR) is 73.7 cm³/mol. The summed E-state index contributed by atoms with van der Waals surface area (Å²) in [5.41, 5.74) is 0.437. The number of benzene rings is 1. The van der Waals surface area contributed by atoms with Gasteiger partial charge in [0.05, 0.1) is 18.0 Å². The molecule has 21 heavy (non-hydrogen) atoms. The van der Waals surface area contributed by atoms with Gasteiger partial charge in [0, 0.05) is 10.9 Å². The van der Waals surface area contributed by atoms with Crippen LogP contribution in [0.4, 0.5) is 18.9 Å². The largest absolute Gasteiger partial charge is 0.486 e. The molecule has 1 aliphatic carbocycles. The van der Waals surface area contributed by atoms with Crippen LogP contribution in [-0.4, -0.2) is 17.7 Å². The molecule has 1 fully saturated rings. The molecule has 8 heteroatoms. The third-order valence-electron chi connectivity index (χ3n) is 3.18. The summed E-state index contributed by atoms with van der Waals surface area (Å²) in [5, 5.41) is 11.0. The van der Waals surface area contributed by atoms with Crippen LogP contribution in [0.3, 0.4) is 0 Å². The molecule has 116 valence electrons. The quantitative estimate of drug-likeness (QED) is 0.413. The fraction of sp³-hybridized carbons (Fsp3) is 0.538. The molecule has 1 aromatic carbocycles. The summed E-state index contributed by atoms with van der Waals surface area (Å²) in [6.07, 6.45) is -3.36. The fourth-order valence-corrected chi connectivity index (χ4v) is 2.72. The van der Waals surface area contributed by atoms with Gasteiger partial charge in [0.25, 0.3) is 0 Å². The molecule has 0 aromatic heterocycles. The number of alkyl halides is 4. The molecule has 2 rings (SSSR count). The Labute approximate surface area is 127 Å². The van der Waals surface area contributed by atoms with Crippen LogP contribution < -0.4 is 4.74 Å². The molecule has 0 amide bonds. The molecule has 0 bridgehead atoms. The molecule has 4 nitrogen and oxygen atoms in total. The average molecular weight is 368 g/mol. The van der Waals surface area contributed by atoms with Crippen LogP contribution in [0.25, 0.3) is 0 Å². The van der Waals surface area contributed by atoms with Crippen molar-refractivity contribution in [2.24, 2.45) is 5.92 Å². The fourth-order valence-electron chi connectivity index (χ4n) is 1.91. The molecule has 1 unspecified atom stereocenters. The zero-order valence-corrected chi connectivity index (χ0v) is 12.5. The molecule has 1 aliphatic rings. The van der Waals surface area contributed by atoms with Crippen molar-refractivity contribution in [1.29, 1.82) is 0 Å². The highest BCUT2D eigenvalue weighted by molar-refractivity contribution is 9.09. The van der Waals surface area contributed by atoms with Crippen molar-refractivity contribution in [2.75, 3.05) is 6.61 Å². The summed E-state index contributed by atoms with van der Waals surface area (Å²) >= 11 is 3.49. The summed E-state index contributed by atoms with van der Waals surface area (Å²) in [5.74, 6) is 0.324. The van der Waals surface area contributed by atoms with Crippen molar-refractivity contribution in [3.8, 4) is 5.75 Å². The summed E-state index contributed by atoms with van der Waals surface area (Å²) in [6, 6.07) is 4.37. The predicted octanol–water partition coefficient (Wildman–Crippen LogP) is 4.77. The average Bonchev–Trinajstić information content (AvgIpc) is 3.20. The molecule has 1 atom stereocenters. The Balaban J connectivity index is 2.11. The van der Waals surface area contributed by atoms with Crippen LogP contribution >= 0.6 is 15.9 Å². The van der Waals surface area contributed by atoms with E-state index in [0.717, 1.165) is 18.4 Å². The van der Waals surface area contributed by atoms with Crippen molar-refractivity contribution in [2.45, 2.75) is 30.3 Å². The highest BCUT2D eigenvalue weighted by atomic mass is 79.9. The molecule has 1 aromatic rings. The van der Waals surface area contributed by atoms with E-state index < -0.39 is 24.1 Å². The van der Waals surface area contributed by atoms with Crippen LogP contribution in [0.15, 0.2) is 18.2 Å². The minimum Gasteiger partial charge on any atom is -0.486 e. The molecule has 1 saturated carbocycles. The van der Waals surface area contributed by atoms with E-state index in [-0.39, 0.29) is 16.3 Å². The molecule has 0 heterocycles. The van der Waals surface area contributed by atoms with E-state index in [1.54, 1.807) is 6.07 Å². The van der Waals surface area contributed by atoms with Gasteiger partial charge in [0.2, 0.25) is 0 Å². The first-order valence-electron chi connectivity index (χ1n) is 6.40. The van der Waals surface area contributed by atoms with E-state index in [4.69, 9.17) is 4.74 Å². The summed E-state index contributed by atoms with van der Waals surface area (Å²) in [4.78, 5) is 10.4. The maximum Gasteiger partial charge on any atom is 0.392 e. The lowest BCUT2D eigenvalue weighted by Gasteiger charge is -2.12. The summed E-state index contributed by atoms with van der Waals surface area (Å²) in [6.45, 7) is -0.635. The molecule has 0 radical (unpaired) electrons. The van der Waals surface area contributed by atoms with Gasteiger partial charge < -0.3 is 4.74 Å². The first-order chi connectivity index (χ1) is 9.78. The molecular weight excluding hydrogens is 355 g/mol. The number of nitrogens with zero attached hydrogens (tertiary/aromatic N) is 1. The van der Waals surface area contributed by atoms with E-state index in [2.05, 4.69) is 15.9 Å². The van der Waals surface area contributed by atoms with Gasteiger partial charge in [-0.1, -0.05) is 22.0 Å². The number of rotatable bonds is 6. The molecule has 0 N–H and O–H groups in total. The van der Waals surface area contributed by atoms with Crippen molar-refractivity contribution in [3.63, 3.8) is 0 Å². The Morgan fingerprint density at radius 1 is 1.43 bits per heavy atom. The smallest absolute Gasteiger partial charge is 0.392 e. The highest BCUT2D eigenvalue weighted by Crippen LogP contribution is 2.47. The van der Waals surface area contributed by atoms with Gasteiger partial charge in [-0.15, -0.1) is 0 Å². The van der Waals surface area contributed by atoms with Crippen LogP contribution in [-0.2, 0) is 0 Å². The van der Waals surface area contributed by atoms with Crippen molar-refractivity contribution in [3.05, 3.63) is 33.9 Å². The van der Waals surface area contributed by atoms with Crippen molar-refractivity contribution >= 4 is 21.6 Å². The maximum atomic E-state index is 12.1. The van der Waals surface area contributed by atoms with Crippen LogP contribution in [0.5, 0.6) is 5.75 Å². The Kier molecular flexibility index (Phi) is 4.75. The first kappa shape index (κ1) is 16.1. The second-order valence-electron chi connectivity index (χ2n) is 4.94. The van der Waals surface area contributed by atoms with Crippen LogP contribution in [0.2, 0.25) is 0 Å². The van der Waals surface area contributed by atoms with Gasteiger partial charge in [-0.05, 0) is 30.4 Å². The van der Waals surface area contributed by atoms with E-state index in [1.165, 1.54) is 12.1 Å². The topological polar surface area (TPSA) is 52.4 Å². The minimum atomic E-state index is -4.35. The lowest BCUT2D eigenvalue weighted by molar-refractivity contribution is -0.386. The summed E-state index contributed by atoms with van der Waals surface area (Å²) < 4.78 is 41.1. The Hall–Kier alpha value is -1.31. The Morgan fingerprint density at radius 2 is 2.10 bits per heavy atom. The van der Waals surface area contributed by atoms with Crippen molar-refractivity contribution in [1.82, 2.24) is 0 Å². The standard InChI is InChI=1S/C13H13BrF3NO3/c14-12(8-1-2-8)9-3-4-11(10(7-9)18(19)20)21-6-5-13(15,16)17/h3-4,7-8,12H,1-2,5-6H2. The number of ether oxygens (including phenoxy) is 1. The SMILES string of the molecule is O=[N+]([O-])c1cc(C(Br)C2CC2)ccc1OCCC(F)(F)F. The third kappa shape index (κ3) is 4.59. The van der Waals surface area contributed by atoms with Gasteiger partial charge >= 0.3 is 11.9 Å². The zero-order chi connectivity index (χ0) is 15.6. The van der Waals surface area contributed by atoms with Gasteiger partial charge in [-0.25, -0.2) is 0 Å². The lowest BCUT2D eigenvalue weighted by atomic mass is 10.1. The van der Waals surface area contributed by atoms with Crippen LogP contribution in [0, 0.1) is 16.0 Å². The van der Waals surface area contributed by atoms with E-state index >= 15 is 0 Å². The molecule has 0 spiro atoms. The van der Waals surface area contributed by atoms with Gasteiger partial charge in [-0.3, -0.25) is 10.1 Å². The zero-order valence-electron chi connectivity index (χ0n) is 10.9. The maximum absolute atomic E-state index is 12.1. The number of halogens is 4. The van der Waals surface area contributed by atoms with E-state index in [1.807, 2.05) is 0 Å². The van der Waals surface area contributed by atoms with Gasteiger partial charge in [0.15, 0.2) is 5.75 Å². The lowest BCUT2D eigenvalue weighted by Crippen LogP contribution is -2.13. The minimum absolute atomic E-state index is 0.0282. The summed E-state index contributed by atoms with van der Waals surface area (Å²) in [7, 11) is 0. The van der Waals surface area contributed by atoms with E-state index in [0.29, 0.717) is 5.92 Å². The Bertz CT molecular complexity index is 532. The number of hydrogen-bond acceptors (Lipinski definition) is 3. The normalized spacial score (nSPS) is 16.6. The first-order valence-corrected chi connectivity index (χ1v) is 7.31. The van der Waals surface area contributed by atoms with Crippen LogP contribution in [0.1, 0.15) is 29.7 Å². The van der Waals surface area contributed by atoms with Gasteiger partial charge in [-0.2, -0.15) is 13.2 Å². The number of nitro groups is 1.